The molecule has 0 aliphatic rings. The smallest absolute Gasteiger partial charge is 0.337 e. The highest BCUT2D eigenvalue weighted by atomic mass is 35.5. The third-order valence-corrected chi connectivity index (χ3v) is 2.55. The lowest BCUT2D eigenvalue weighted by atomic mass is 10.0. The number of carbonyl (C=O) groups is 1. The summed E-state index contributed by atoms with van der Waals surface area (Å²) in [7, 11) is 0. The molecule has 0 fully saturated rings. The molecule has 0 amide bonds. The van der Waals surface area contributed by atoms with E-state index in [9.17, 15) is 14.9 Å². The molecule has 1 N–H and O–H groups in total. The number of nitro benzene ring substituents is 1. The molecule has 0 heterocycles. The van der Waals surface area contributed by atoms with Crippen molar-refractivity contribution in [3.63, 3.8) is 0 Å². The Morgan fingerprint density at radius 1 is 1.53 bits per heavy atom. The number of carboxylic acid groups (broad SMARTS) is 1. The molecule has 0 atom stereocenters. The van der Waals surface area contributed by atoms with E-state index in [0.717, 1.165) is 0 Å². The Morgan fingerprint density at radius 2 is 2.07 bits per heavy atom. The highest BCUT2D eigenvalue weighted by molar-refractivity contribution is 6.35. The summed E-state index contributed by atoms with van der Waals surface area (Å²) in [6, 6.07) is 1.33. The van der Waals surface area contributed by atoms with E-state index in [1.165, 1.54) is 13.0 Å². The number of rotatable bonds is 2. The van der Waals surface area contributed by atoms with Crippen molar-refractivity contribution in [2.45, 2.75) is 13.8 Å². The fourth-order valence-electron chi connectivity index (χ4n) is 1.24. The molecule has 0 aliphatic carbocycles. The second kappa shape index (κ2) is 3.86. The summed E-state index contributed by atoms with van der Waals surface area (Å²) in [6.07, 6.45) is 0. The van der Waals surface area contributed by atoms with Gasteiger partial charge in [0.15, 0.2) is 0 Å². The van der Waals surface area contributed by atoms with E-state index in [1.54, 1.807) is 6.92 Å². The summed E-state index contributed by atoms with van der Waals surface area (Å²) in [4.78, 5) is 20.8. The summed E-state index contributed by atoms with van der Waals surface area (Å²) in [5.41, 5.74) is 0.332. The lowest BCUT2D eigenvalue weighted by molar-refractivity contribution is -0.385. The van der Waals surface area contributed by atoms with Gasteiger partial charge in [-0.2, -0.15) is 0 Å². The first-order chi connectivity index (χ1) is 6.86. The third kappa shape index (κ3) is 1.92. The van der Waals surface area contributed by atoms with E-state index in [4.69, 9.17) is 16.7 Å². The van der Waals surface area contributed by atoms with Crippen LogP contribution in [0, 0.1) is 24.0 Å². The van der Waals surface area contributed by atoms with Gasteiger partial charge in [-0.1, -0.05) is 11.6 Å². The van der Waals surface area contributed by atoms with Crippen molar-refractivity contribution in [3.05, 3.63) is 37.9 Å². The number of carboxylic acids is 1. The molecule has 6 heteroatoms. The van der Waals surface area contributed by atoms with Gasteiger partial charge in [0.1, 0.15) is 5.02 Å². The molecule has 0 spiro atoms. The van der Waals surface area contributed by atoms with Crippen LogP contribution in [0.15, 0.2) is 6.07 Å². The zero-order valence-electron chi connectivity index (χ0n) is 8.07. The Bertz CT molecular complexity index is 456. The lowest BCUT2D eigenvalue weighted by Gasteiger charge is -2.06. The lowest BCUT2D eigenvalue weighted by Crippen LogP contribution is -2.03. The summed E-state index contributed by atoms with van der Waals surface area (Å²) in [5, 5.41) is 19.2. The van der Waals surface area contributed by atoms with Crippen LogP contribution in [0.25, 0.3) is 0 Å². The summed E-state index contributed by atoms with van der Waals surface area (Å²) >= 11 is 5.65. The summed E-state index contributed by atoms with van der Waals surface area (Å²) in [6.45, 7) is 3.13. The Labute approximate surface area is 90.4 Å². The SMILES string of the molecule is Cc1cc(C(=O)O)c(Cl)c([N+](=O)[O-])c1C. The maximum Gasteiger partial charge on any atom is 0.337 e. The molecule has 1 rings (SSSR count). The molecule has 0 aromatic heterocycles. The van der Waals surface area contributed by atoms with Crippen molar-refractivity contribution in [1.82, 2.24) is 0 Å². The van der Waals surface area contributed by atoms with Crippen LogP contribution in [0.3, 0.4) is 0 Å². The predicted octanol–water partition coefficient (Wildman–Crippen LogP) is 2.56. The minimum absolute atomic E-state index is 0.244. The highest BCUT2D eigenvalue weighted by Gasteiger charge is 2.24. The minimum Gasteiger partial charge on any atom is -0.478 e. The molecule has 15 heavy (non-hydrogen) atoms. The molecule has 80 valence electrons. The zero-order chi connectivity index (χ0) is 11.7. The number of halogens is 1. The largest absolute Gasteiger partial charge is 0.478 e. The van der Waals surface area contributed by atoms with Crippen molar-refractivity contribution in [2.24, 2.45) is 0 Å². The van der Waals surface area contributed by atoms with E-state index < -0.39 is 10.9 Å². The van der Waals surface area contributed by atoms with E-state index in [-0.39, 0.29) is 16.3 Å². The van der Waals surface area contributed by atoms with Crippen LogP contribution < -0.4 is 0 Å². The van der Waals surface area contributed by atoms with E-state index in [0.29, 0.717) is 11.1 Å². The number of nitrogens with zero attached hydrogens (tertiary/aromatic N) is 1. The van der Waals surface area contributed by atoms with Crippen molar-refractivity contribution in [3.8, 4) is 0 Å². The van der Waals surface area contributed by atoms with Crippen molar-refractivity contribution >= 4 is 23.3 Å². The van der Waals surface area contributed by atoms with Crippen LogP contribution in [0.2, 0.25) is 5.02 Å². The van der Waals surface area contributed by atoms with E-state index >= 15 is 0 Å². The Morgan fingerprint density at radius 3 is 2.47 bits per heavy atom. The Hall–Kier alpha value is -1.62. The van der Waals surface area contributed by atoms with Gasteiger partial charge in [-0.3, -0.25) is 10.1 Å². The minimum atomic E-state index is -1.27. The predicted molar refractivity (Wildman–Crippen MR) is 54.5 cm³/mol. The number of nitro groups is 1. The van der Waals surface area contributed by atoms with Crippen LogP contribution in [-0.2, 0) is 0 Å². The number of aryl methyl sites for hydroxylation is 1. The molecule has 0 unspecified atom stereocenters. The summed E-state index contributed by atoms with van der Waals surface area (Å²) < 4.78 is 0. The Kier molecular flexibility index (Phi) is 2.95. The van der Waals surface area contributed by atoms with Gasteiger partial charge in [0.05, 0.1) is 10.5 Å². The second-order valence-corrected chi connectivity index (χ2v) is 3.47. The van der Waals surface area contributed by atoms with Crippen LogP contribution in [-0.4, -0.2) is 16.0 Å². The molecule has 5 nitrogen and oxygen atoms in total. The number of hydrogen-bond donors (Lipinski definition) is 1. The molecule has 0 saturated heterocycles. The van der Waals surface area contributed by atoms with Gasteiger partial charge in [-0.15, -0.1) is 0 Å². The number of hydrogen-bond acceptors (Lipinski definition) is 3. The summed E-state index contributed by atoms with van der Waals surface area (Å²) in [5.74, 6) is -1.27. The number of aromatic carboxylic acids is 1. The topological polar surface area (TPSA) is 80.4 Å². The monoisotopic (exact) mass is 229 g/mol. The van der Waals surface area contributed by atoms with Crippen LogP contribution in [0.1, 0.15) is 21.5 Å². The van der Waals surface area contributed by atoms with Crippen molar-refractivity contribution in [1.29, 1.82) is 0 Å². The van der Waals surface area contributed by atoms with Crippen molar-refractivity contribution in [2.75, 3.05) is 0 Å². The average molecular weight is 230 g/mol. The first kappa shape index (κ1) is 11.5. The average Bonchev–Trinajstić information content (AvgIpc) is 2.10. The fourth-order valence-corrected chi connectivity index (χ4v) is 1.59. The van der Waals surface area contributed by atoms with Gasteiger partial charge in [0, 0.05) is 5.56 Å². The van der Waals surface area contributed by atoms with Crippen LogP contribution >= 0.6 is 11.6 Å². The van der Waals surface area contributed by atoms with Gasteiger partial charge in [0.2, 0.25) is 0 Å². The molecule has 0 radical (unpaired) electrons. The Balaban J connectivity index is 3.63. The zero-order valence-corrected chi connectivity index (χ0v) is 8.83. The molecular weight excluding hydrogens is 222 g/mol. The normalized spacial score (nSPS) is 10.1. The maximum absolute atomic E-state index is 10.8. The quantitative estimate of drug-likeness (QED) is 0.624. The molecule has 1 aromatic rings. The fraction of sp³-hybridized carbons (Fsp3) is 0.222. The van der Waals surface area contributed by atoms with Gasteiger partial charge in [0.25, 0.3) is 5.69 Å². The van der Waals surface area contributed by atoms with E-state index in [2.05, 4.69) is 0 Å². The van der Waals surface area contributed by atoms with Crippen LogP contribution in [0.4, 0.5) is 5.69 Å². The van der Waals surface area contributed by atoms with Gasteiger partial charge in [-0.05, 0) is 25.5 Å². The molecule has 0 aliphatic heterocycles. The molecule has 0 saturated carbocycles. The van der Waals surface area contributed by atoms with Gasteiger partial charge < -0.3 is 5.11 Å². The van der Waals surface area contributed by atoms with Crippen LogP contribution in [0.5, 0.6) is 0 Å². The standard InChI is InChI=1S/C9H8ClNO4/c1-4-3-6(9(12)13)7(10)8(5(4)2)11(14)15/h3H,1-2H3,(H,12,13). The van der Waals surface area contributed by atoms with Gasteiger partial charge >= 0.3 is 5.97 Å². The first-order valence-electron chi connectivity index (χ1n) is 4.03. The first-order valence-corrected chi connectivity index (χ1v) is 4.41. The molecular formula is C9H8ClNO4. The maximum atomic E-state index is 10.8. The second-order valence-electron chi connectivity index (χ2n) is 3.09. The number of benzene rings is 1. The highest BCUT2D eigenvalue weighted by Crippen LogP contribution is 2.33. The molecule has 1 aromatic carbocycles. The van der Waals surface area contributed by atoms with Gasteiger partial charge in [-0.25, -0.2) is 4.79 Å². The molecule has 0 bridgehead atoms. The van der Waals surface area contributed by atoms with E-state index in [1.807, 2.05) is 0 Å². The third-order valence-electron chi connectivity index (χ3n) is 2.16. The van der Waals surface area contributed by atoms with Crippen molar-refractivity contribution < 1.29 is 14.8 Å².